The lowest BCUT2D eigenvalue weighted by molar-refractivity contribution is -0.137. The molecule has 0 radical (unpaired) electrons. The van der Waals surface area contributed by atoms with Crippen LogP contribution < -0.4 is 0 Å². The maximum Gasteiger partial charge on any atom is 0.330 e. The van der Waals surface area contributed by atoms with E-state index in [-0.39, 0.29) is 5.97 Å². The number of allylic oxidation sites excluding steroid dienone is 3. The fraction of sp³-hybridized carbons (Fsp3) is 0.545. The second-order valence-electron chi connectivity index (χ2n) is 3.23. The average Bonchev–Trinajstić information content (AvgIpc) is 2.01. The molecule has 0 amide bonds. The van der Waals surface area contributed by atoms with Crippen molar-refractivity contribution < 1.29 is 9.53 Å². The summed E-state index contributed by atoms with van der Waals surface area (Å²) in [5, 5.41) is 0. The van der Waals surface area contributed by atoms with Gasteiger partial charge in [-0.3, -0.25) is 0 Å². The minimum atomic E-state index is -0.248. The minimum absolute atomic E-state index is 0.248. The van der Waals surface area contributed by atoms with Crippen LogP contribution in [0.3, 0.4) is 0 Å². The SMILES string of the molecule is CCOC(=O)/C=C(/C)CC=C(C)C. The van der Waals surface area contributed by atoms with Gasteiger partial charge in [-0.05, 0) is 34.1 Å². The van der Waals surface area contributed by atoms with E-state index in [0.29, 0.717) is 6.61 Å². The van der Waals surface area contributed by atoms with Crippen LogP contribution in [0.25, 0.3) is 0 Å². The van der Waals surface area contributed by atoms with Crippen molar-refractivity contribution in [2.24, 2.45) is 0 Å². The van der Waals surface area contributed by atoms with Crippen LogP contribution in [0.2, 0.25) is 0 Å². The fourth-order valence-corrected chi connectivity index (χ4v) is 0.809. The van der Waals surface area contributed by atoms with Gasteiger partial charge in [0.1, 0.15) is 0 Å². The van der Waals surface area contributed by atoms with Gasteiger partial charge in [-0.25, -0.2) is 4.79 Å². The molecule has 0 aliphatic rings. The maximum atomic E-state index is 11.0. The molecule has 0 saturated carbocycles. The molecule has 2 nitrogen and oxygen atoms in total. The lowest BCUT2D eigenvalue weighted by Crippen LogP contribution is -2.00. The van der Waals surface area contributed by atoms with E-state index in [0.717, 1.165) is 12.0 Å². The molecule has 13 heavy (non-hydrogen) atoms. The van der Waals surface area contributed by atoms with Crippen LogP contribution in [-0.4, -0.2) is 12.6 Å². The van der Waals surface area contributed by atoms with E-state index in [1.807, 2.05) is 20.8 Å². The lowest BCUT2D eigenvalue weighted by atomic mass is 10.1. The molecule has 0 rings (SSSR count). The Labute approximate surface area is 80.3 Å². The summed E-state index contributed by atoms with van der Waals surface area (Å²) in [5.74, 6) is -0.248. The third-order valence-electron chi connectivity index (χ3n) is 1.48. The van der Waals surface area contributed by atoms with Crippen molar-refractivity contribution in [1.82, 2.24) is 0 Å². The number of carbonyl (C=O) groups excluding carboxylic acids is 1. The van der Waals surface area contributed by atoms with Crippen molar-refractivity contribution >= 4 is 5.97 Å². The van der Waals surface area contributed by atoms with E-state index in [2.05, 4.69) is 6.08 Å². The number of carbonyl (C=O) groups is 1. The third-order valence-corrected chi connectivity index (χ3v) is 1.48. The first-order valence-electron chi connectivity index (χ1n) is 4.53. The molecule has 0 N–H and O–H groups in total. The van der Waals surface area contributed by atoms with E-state index in [1.54, 1.807) is 13.0 Å². The van der Waals surface area contributed by atoms with E-state index in [4.69, 9.17) is 4.74 Å². The molecule has 0 heterocycles. The van der Waals surface area contributed by atoms with E-state index < -0.39 is 0 Å². The van der Waals surface area contributed by atoms with E-state index >= 15 is 0 Å². The smallest absolute Gasteiger partial charge is 0.330 e. The molecule has 2 heteroatoms. The van der Waals surface area contributed by atoms with Crippen LogP contribution >= 0.6 is 0 Å². The first kappa shape index (κ1) is 11.9. The molecule has 0 saturated heterocycles. The molecule has 74 valence electrons. The summed E-state index contributed by atoms with van der Waals surface area (Å²) in [5.41, 5.74) is 2.29. The van der Waals surface area contributed by atoms with Gasteiger partial charge in [-0.15, -0.1) is 0 Å². The molecule has 0 aromatic rings. The number of ether oxygens (including phenoxy) is 1. The Hall–Kier alpha value is -1.05. The zero-order chi connectivity index (χ0) is 10.3. The van der Waals surface area contributed by atoms with Crippen molar-refractivity contribution in [3.05, 3.63) is 23.3 Å². The summed E-state index contributed by atoms with van der Waals surface area (Å²) >= 11 is 0. The second kappa shape index (κ2) is 6.46. The van der Waals surface area contributed by atoms with Gasteiger partial charge in [-0.2, -0.15) is 0 Å². The van der Waals surface area contributed by atoms with Crippen molar-refractivity contribution in [1.29, 1.82) is 0 Å². The Balaban J connectivity index is 4.01. The normalized spacial score (nSPS) is 10.9. The number of hydrogen-bond donors (Lipinski definition) is 0. The largest absolute Gasteiger partial charge is 0.463 e. The van der Waals surface area contributed by atoms with Crippen molar-refractivity contribution in [3.63, 3.8) is 0 Å². The number of esters is 1. The van der Waals surface area contributed by atoms with Crippen LogP contribution in [0.15, 0.2) is 23.3 Å². The predicted molar refractivity (Wildman–Crippen MR) is 54.4 cm³/mol. The van der Waals surface area contributed by atoms with Crippen LogP contribution in [0.1, 0.15) is 34.1 Å². The Kier molecular flexibility index (Phi) is 5.94. The molecular weight excluding hydrogens is 164 g/mol. The van der Waals surface area contributed by atoms with Gasteiger partial charge in [0, 0.05) is 6.08 Å². The second-order valence-corrected chi connectivity index (χ2v) is 3.23. The highest BCUT2D eigenvalue weighted by atomic mass is 16.5. The zero-order valence-corrected chi connectivity index (χ0v) is 8.89. The van der Waals surface area contributed by atoms with Crippen molar-refractivity contribution in [2.75, 3.05) is 6.61 Å². The van der Waals surface area contributed by atoms with Gasteiger partial charge >= 0.3 is 5.97 Å². The topological polar surface area (TPSA) is 26.3 Å². The molecule has 0 unspecified atom stereocenters. The summed E-state index contributed by atoms with van der Waals surface area (Å²) in [6, 6.07) is 0. The summed E-state index contributed by atoms with van der Waals surface area (Å²) in [7, 11) is 0. The Bertz CT molecular complexity index is 220. The molecule has 0 aromatic carbocycles. The van der Waals surface area contributed by atoms with Crippen LogP contribution in [0.4, 0.5) is 0 Å². The highest BCUT2D eigenvalue weighted by molar-refractivity contribution is 5.82. The molecule has 0 atom stereocenters. The minimum Gasteiger partial charge on any atom is -0.463 e. The number of hydrogen-bond acceptors (Lipinski definition) is 2. The van der Waals surface area contributed by atoms with Gasteiger partial charge in [0.15, 0.2) is 0 Å². The maximum absolute atomic E-state index is 11.0. The molecule has 0 aliphatic heterocycles. The summed E-state index contributed by atoms with van der Waals surface area (Å²) < 4.78 is 4.78. The summed E-state index contributed by atoms with van der Waals surface area (Å²) in [6.45, 7) is 8.24. The Morgan fingerprint density at radius 1 is 1.31 bits per heavy atom. The highest BCUT2D eigenvalue weighted by Gasteiger charge is 1.96. The van der Waals surface area contributed by atoms with Crippen LogP contribution in [0, 0.1) is 0 Å². The first-order chi connectivity index (χ1) is 6.06. The highest BCUT2D eigenvalue weighted by Crippen LogP contribution is 2.04. The monoisotopic (exact) mass is 182 g/mol. The Morgan fingerprint density at radius 3 is 2.38 bits per heavy atom. The summed E-state index contributed by atoms with van der Waals surface area (Å²) in [6.07, 6.45) is 4.45. The molecule has 0 aromatic heterocycles. The van der Waals surface area contributed by atoms with Gasteiger partial charge in [0.25, 0.3) is 0 Å². The molecule has 0 bridgehead atoms. The summed E-state index contributed by atoms with van der Waals surface area (Å²) in [4.78, 5) is 11.0. The lowest BCUT2D eigenvalue weighted by Gasteiger charge is -1.98. The van der Waals surface area contributed by atoms with Gasteiger partial charge < -0.3 is 4.74 Å². The Morgan fingerprint density at radius 2 is 1.92 bits per heavy atom. The molecule has 0 fully saturated rings. The molecule has 0 spiro atoms. The quantitative estimate of drug-likeness (QED) is 0.379. The molecule has 0 aliphatic carbocycles. The third kappa shape index (κ3) is 7.32. The molecular formula is C11H18O2. The van der Waals surface area contributed by atoms with Gasteiger partial charge in [-0.1, -0.05) is 17.2 Å². The van der Waals surface area contributed by atoms with E-state index in [9.17, 15) is 4.79 Å². The standard InChI is InChI=1S/C11H18O2/c1-5-13-11(12)8-10(4)7-6-9(2)3/h6,8H,5,7H2,1-4H3/b10-8-. The van der Waals surface area contributed by atoms with Gasteiger partial charge in [0.2, 0.25) is 0 Å². The van der Waals surface area contributed by atoms with Crippen LogP contribution in [-0.2, 0) is 9.53 Å². The van der Waals surface area contributed by atoms with E-state index in [1.165, 1.54) is 5.57 Å². The van der Waals surface area contributed by atoms with Crippen LogP contribution in [0.5, 0.6) is 0 Å². The average molecular weight is 182 g/mol. The number of rotatable bonds is 4. The zero-order valence-electron chi connectivity index (χ0n) is 8.89. The van der Waals surface area contributed by atoms with Gasteiger partial charge in [0.05, 0.1) is 6.61 Å². The predicted octanol–water partition coefficient (Wildman–Crippen LogP) is 2.85. The van der Waals surface area contributed by atoms with Crippen molar-refractivity contribution in [2.45, 2.75) is 34.1 Å². The van der Waals surface area contributed by atoms with Crippen molar-refractivity contribution in [3.8, 4) is 0 Å². The first-order valence-corrected chi connectivity index (χ1v) is 4.53. The fourth-order valence-electron chi connectivity index (χ4n) is 0.809.